The number of carboxylic acid groups (broad SMARTS) is 1. The van der Waals surface area contributed by atoms with E-state index in [0.717, 1.165) is 5.56 Å². The van der Waals surface area contributed by atoms with Crippen molar-refractivity contribution in [2.75, 3.05) is 19.6 Å². The molecule has 6 heteroatoms. The monoisotopic (exact) mass is 280 g/mol. The van der Waals surface area contributed by atoms with E-state index < -0.39 is 12.0 Å². The average Bonchev–Trinajstić information content (AvgIpc) is 2.40. The molecule has 1 amide bonds. The van der Waals surface area contributed by atoms with Crippen molar-refractivity contribution in [3.63, 3.8) is 0 Å². The van der Waals surface area contributed by atoms with Crippen molar-refractivity contribution in [2.24, 2.45) is 0 Å². The molecule has 1 aromatic rings. The van der Waals surface area contributed by atoms with E-state index in [-0.39, 0.29) is 18.3 Å². The molecule has 1 aliphatic rings. The summed E-state index contributed by atoms with van der Waals surface area (Å²) in [5.41, 5.74) is 0.734. The van der Waals surface area contributed by atoms with Crippen molar-refractivity contribution < 1.29 is 19.1 Å². The smallest absolute Gasteiger partial charge is 0.320 e. The van der Waals surface area contributed by atoms with E-state index >= 15 is 0 Å². The molecule has 0 unspecified atom stereocenters. The molecule has 1 aliphatic heterocycles. The van der Waals surface area contributed by atoms with Crippen molar-refractivity contribution >= 4 is 11.9 Å². The molecule has 1 N–H and O–H groups in total. The SMILES string of the molecule is C[C@H](C(=O)O)N1CCN(Cc2cccc(F)c2)C(=O)C1. The van der Waals surface area contributed by atoms with Crippen LogP contribution in [0.5, 0.6) is 0 Å². The van der Waals surface area contributed by atoms with Crippen LogP contribution in [-0.4, -0.2) is 52.5 Å². The van der Waals surface area contributed by atoms with E-state index in [1.165, 1.54) is 12.1 Å². The topological polar surface area (TPSA) is 60.9 Å². The summed E-state index contributed by atoms with van der Waals surface area (Å²) in [6, 6.07) is 5.47. The molecule has 0 aromatic heterocycles. The summed E-state index contributed by atoms with van der Waals surface area (Å²) in [6.07, 6.45) is 0. The van der Waals surface area contributed by atoms with Gasteiger partial charge in [0, 0.05) is 19.6 Å². The van der Waals surface area contributed by atoms with Gasteiger partial charge in [-0.05, 0) is 24.6 Å². The maximum absolute atomic E-state index is 13.1. The number of hydrogen-bond donors (Lipinski definition) is 1. The first-order valence-electron chi connectivity index (χ1n) is 6.46. The van der Waals surface area contributed by atoms with Crippen LogP contribution in [0.2, 0.25) is 0 Å². The number of halogens is 1. The lowest BCUT2D eigenvalue weighted by Gasteiger charge is -2.36. The predicted molar refractivity (Wildman–Crippen MR) is 70.5 cm³/mol. The first kappa shape index (κ1) is 14.5. The van der Waals surface area contributed by atoms with Crippen molar-refractivity contribution in [2.45, 2.75) is 19.5 Å². The fourth-order valence-corrected chi connectivity index (χ4v) is 2.24. The van der Waals surface area contributed by atoms with Crippen LogP contribution >= 0.6 is 0 Å². The summed E-state index contributed by atoms with van der Waals surface area (Å²) < 4.78 is 13.1. The van der Waals surface area contributed by atoms with Gasteiger partial charge in [0.05, 0.1) is 6.54 Å². The van der Waals surface area contributed by atoms with Crippen molar-refractivity contribution in [1.29, 1.82) is 0 Å². The molecule has 2 rings (SSSR count). The summed E-state index contributed by atoms with van der Waals surface area (Å²) in [4.78, 5) is 26.2. The fraction of sp³-hybridized carbons (Fsp3) is 0.429. The van der Waals surface area contributed by atoms with E-state index in [1.54, 1.807) is 28.9 Å². The van der Waals surface area contributed by atoms with Crippen molar-refractivity contribution in [3.8, 4) is 0 Å². The van der Waals surface area contributed by atoms with Gasteiger partial charge in [-0.15, -0.1) is 0 Å². The second-order valence-electron chi connectivity index (χ2n) is 4.93. The average molecular weight is 280 g/mol. The van der Waals surface area contributed by atoms with Crippen LogP contribution < -0.4 is 0 Å². The number of piperazine rings is 1. The van der Waals surface area contributed by atoms with Crippen LogP contribution in [0, 0.1) is 5.82 Å². The molecule has 1 aromatic carbocycles. The summed E-state index contributed by atoms with van der Waals surface area (Å²) in [7, 11) is 0. The highest BCUT2D eigenvalue weighted by Crippen LogP contribution is 2.12. The third-order valence-corrected chi connectivity index (χ3v) is 3.52. The molecule has 0 radical (unpaired) electrons. The number of carbonyl (C=O) groups excluding carboxylic acids is 1. The minimum Gasteiger partial charge on any atom is -0.480 e. The van der Waals surface area contributed by atoms with Crippen LogP contribution in [0.1, 0.15) is 12.5 Å². The number of amides is 1. The van der Waals surface area contributed by atoms with Crippen LogP contribution in [-0.2, 0) is 16.1 Å². The molecule has 1 saturated heterocycles. The Bertz CT molecular complexity index is 521. The molecule has 1 heterocycles. The molecule has 108 valence electrons. The highest BCUT2D eigenvalue weighted by molar-refractivity contribution is 5.80. The standard InChI is InChI=1S/C14H17FN2O3/c1-10(14(19)20)16-5-6-17(13(18)9-16)8-11-3-2-4-12(15)7-11/h2-4,7,10H,5-6,8-9H2,1H3,(H,19,20)/t10-/m1/s1. The van der Waals surface area contributed by atoms with Gasteiger partial charge in [0.1, 0.15) is 11.9 Å². The Morgan fingerprint density at radius 2 is 2.20 bits per heavy atom. The first-order chi connectivity index (χ1) is 9.47. The van der Waals surface area contributed by atoms with Gasteiger partial charge in [0.15, 0.2) is 0 Å². The highest BCUT2D eigenvalue weighted by Gasteiger charge is 2.29. The number of rotatable bonds is 4. The number of hydrogen-bond acceptors (Lipinski definition) is 3. The quantitative estimate of drug-likeness (QED) is 0.892. The lowest BCUT2D eigenvalue weighted by molar-refractivity contribution is -0.147. The largest absolute Gasteiger partial charge is 0.480 e. The Morgan fingerprint density at radius 1 is 1.45 bits per heavy atom. The minimum atomic E-state index is -0.934. The predicted octanol–water partition coefficient (Wildman–Crippen LogP) is 0.943. The molecule has 1 atom stereocenters. The number of carboxylic acids is 1. The van der Waals surface area contributed by atoms with Crippen molar-refractivity contribution in [3.05, 3.63) is 35.6 Å². The Hall–Kier alpha value is -1.95. The van der Waals surface area contributed by atoms with Gasteiger partial charge in [-0.3, -0.25) is 14.5 Å². The molecule has 20 heavy (non-hydrogen) atoms. The zero-order valence-electron chi connectivity index (χ0n) is 11.3. The van der Waals surface area contributed by atoms with Gasteiger partial charge in [-0.2, -0.15) is 0 Å². The fourth-order valence-electron chi connectivity index (χ4n) is 2.24. The van der Waals surface area contributed by atoms with E-state index in [4.69, 9.17) is 5.11 Å². The van der Waals surface area contributed by atoms with Gasteiger partial charge < -0.3 is 10.0 Å². The van der Waals surface area contributed by atoms with Crippen LogP contribution in [0.3, 0.4) is 0 Å². The number of benzene rings is 1. The Morgan fingerprint density at radius 3 is 2.80 bits per heavy atom. The molecular weight excluding hydrogens is 263 g/mol. The summed E-state index contributed by atoms with van der Waals surface area (Å²) in [5, 5.41) is 8.94. The molecule has 0 spiro atoms. The lowest BCUT2D eigenvalue weighted by Crippen LogP contribution is -2.54. The third-order valence-electron chi connectivity index (χ3n) is 3.52. The van der Waals surface area contributed by atoms with Crippen molar-refractivity contribution in [1.82, 2.24) is 9.80 Å². The van der Waals surface area contributed by atoms with Gasteiger partial charge in [-0.1, -0.05) is 12.1 Å². The number of nitrogens with zero attached hydrogens (tertiary/aromatic N) is 2. The van der Waals surface area contributed by atoms with Crippen LogP contribution in [0.4, 0.5) is 4.39 Å². The molecule has 0 aliphatic carbocycles. The molecular formula is C14H17FN2O3. The van der Waals surface area contributed by atoms with E-state index in [0.29, 0.717) is 19.6 Å². The minimum absolute atomic E-state index is 0.0861. The van der Waals surface area contributed by atoms with E-state index in [9.17, 15) is 14.0 Å². The van der Waals surface area contributed by atoms with E-state index in [1.807, 2.05) is 0 Å². The molecule has 0 bridgehead atoms. The molecule has 0 saturated carbocycles. The highest BCUT2D eigenvalue weighted by atomic mass is 19.1. The molecule has 5 nitrogen and oxygen atoms in total. The zero-order valence-corrected chi connectivity index (χ0v) is 11.3. The van der Waals surface area contributed by atoms with Crippen LogP contribution in [0.15, 0.2) is 24.3 Å². The van der Waals surface area contributed by atoms with E-state index in [2.05, 4.69) is 0 Å². The normalized spacial score (nSPS) is 18.1. The van der Waals surface area contributed by atoms with Gasteiger partial charge in [-0.25, -0.2) is 4.39 Å². The first-order valence-corrected chi connectivity index (χ1v) is 6.46. The third kappa shape index (κ3) is 3.33. The van der Waals surface area contributed by atoms with Gasteiger partial charge in [0.25, 0.3) is 0 Å². The second-order valence-corrected chi connectivity index (χ2v) is 4.93. The lowest BCUT2D eigenvalue weighted by atomic mass is 10.1. The Kier molecular flexibility index (Phi) is 4.34. The maximum Gasteiger partial charge on any atom is 0.320 e. The van der Waals surface area contributed by atoms with Crippen LogP contribution in [0.25, 0.3) is 0 Å². The Labute approximate surface area is 116 Å². The zero-order chi connectivity index (χ0) is 14.7. The van der Waals surface area contributed by atoms with Gasteiger partial charge >= 0.3 is 5.97 Å². The maximum atomic E-state index is 13.1. The van der Waals surface area contributed by atoms with Gasteiger partial charge in [0.2, 0.25) is 5.91 Å². The molecule has 1 fully saturated rings. The summed E-state index contributed by atoms with van der Waals surface area (Å²) >= 11 is 0. The Balaban J connectivity index is 1.97. The number of carbonyl (C=O) groups is 2. The second kappa shape index (κ2) is 6.00. The summed E-state index contributed by atoms with van der Waals surface area (Å²) in [6.45, 7) is 2.97. The summed E-state index contributed by atoms with van der Waals surface area (Å²) in [5.74, 6) is -1.39. The number of aliphatic carboxylic acids is 1.